The van der Waals surface area contributed by atoms with Gasteiger partial charge >= 0.3 is 5.69 Å². The van der Waals surface area contributed by atoms with Gasteiger partial charge in [0, 0.05) is 24.9 Å². The quantitative estimate of drug-likeness (QED) is 0.425. The number of rotatable bonds is 6. The van der Waals surface area contributed by atoms with Crippen LogP contribution in [0, 0.1) is 5.92 Å². The first-order valence-electron chi connectivity index (χ1n) is 12.0. The smallest absolute Gasteiger partial charge is 0.331 e. The van der Waals surface area contributed by atoms with Gasteiger partial charge in [-0.05, 0) is 18.1 Å². The number of amides is 1. The minimum Gasteiger partial charge on any atom is -0.389 e. The third-order valence-corrected chi connectivity index (χ3v) is 7.58. The zero-order chi connectivity index (χ0) is 25.7. The maximum atomic E-state index is 13.8. The summed E-state index contributed by atoms with van der Waals surface area (Å²) < 4.78 is 4.69. The molecule has 36 heavy (non-hydrogen) atoms. The maximum absolute atomic E-state index is 13.8. The fourth-order valence-corrected chi connectivity index (χ4v) is 5.97. The minimum atomic E-state index is -0.798. The van der Waals surface area contributed by atoms with Crippen LogP contribution in [0.4, 0.5) is 0 Å². The van der Waals surface area contributed by atoms with Gasteiger partial charge in [-0.15, -0.1) is 11.3 Å². The number of imidazole rings is 1. The highest BCUT2D eigenvalue weighted by molar-refractivity contribution is 7.19. The van der Waals surface area contributed by atoms with Gasteiger partial charge < -0.3 is 9.67 Å². The van der Waals surface area contributed by atoms with Crippen LogP contribution >= 0.6 is 11.3 Å². The second kappa shape index (κ2) is 9.30. The van der Waals surface area contributed by atoms with Crippen molar-refractivity contribution in [3.63, 3.8) is 0 Å². The first-order chi connectivity index (χ1) is 17.2. The molecule has 1 fully saturated rings. The van der Waals surface area contributed by atoms with E-state index in [-0.39, 0.29) is 30.0 Å². The number of aromatic nitrogens is 4. The summed E-state index contributed by atoms with van der Waals surface area (Å²) in [5.41, 5.74) is 1.05. The van der Waals surface area contributed by atoms with Crippen LogP contribution in [0.15, 0.2) is 33.9 Å². The molecule has 0 spiro atoms. The summed E-state index contributed by atoms with van der Waals surface area (Å²) in [4.78, 5) is 51.5. The molecular formula is C25H29N5O5S. The van der Waals surface area contributed by atoms with Gasteiger partial charge in [-0.1, -0.05) is 32.9 Å². The van der Waals surface area contributed by atoms with Crippen molar-refractivity contribution in [1.29, 1.82) is 0 Å². The Bertz CT molecular complexity index is 1590. The van der Waals surface area contributed by atoms with Gasteiger partial charge in [0.05, 0.1) is 35.1 Å². The predicted octanol–water partition coefficient (Wildman–Crippen LogP) is 2.13. The van der Waals surface area contributed by atoms with E-state index >= 15 is 0 Å². The highest BCUT2D eigenvalue weighted by Gasteiger charge is 2.33. The number of para-hydroxylation sites is 2. The van der Waals surface area contributed by atoms with Gasteiger partial charge in [-0.25, -0.2) is 14.8 Å². The lowest BCUT2D eigenvalue weighted by molar-refractivity contribution is -0.0778. The Morgan fingerprint density at radius 3 is 2.67 bits per heavy atom. The number of aliphatic hydroxyl groups excluding tert-OH is 1. The molecule has 1 aliphatic rings. The normalized spacial score (nSPS) is 16.2. The highest BCUT2D eigenvalue weighted by Crippen LogP contribution is 2.33. The van der Waals surface area contributed by atoms with Crippen LogP contribution in [0.1, 0.15) is 41.8 Å². The van der Waals surface area contributed by atoms with Crippen molar-refractivity contribution in [2.75, 3.05) is 13.2 Å². The Morgan fingerprint density at radius 1 is 1.25 bits per heavy atom. The number of hydroxylamine groups is 2. The van der Waals surface area contributed by atoms with Crippen LogP contribution in [0.2, 0.25) is 0 Å². The van der Waals surface area contributed by atoms with E-state index in [2.05, 4.69) is 0 Å². The number of hydrogen-bond acceptors (Lipinski definition) is 7. The SMILES string of the molecule is CCc1nc2ccccc2n1Cc1sc2c(c1C(=O)N1C[C@H](O)CO1)c(=O)n(C)c(=O)n2CC(C)C. The molecule has 4 aromatic rings. The summed E-state index contributed by atoms with van der Waals surface area (Å²) in [5, 5.41) is 11.3. The number of thiophene rings is 1. The van der Waals surface area contributed by atoms with E-state index in [0.717, 1.165) is 26.5 Å². The molecule has 0 radical (unpaired) electrons. The summed E-state index contributed by atoms with van der Waals surface area (Å²) in [6, 6.07) is 7.78. The molecule has 190 valence electrons. The first-order valence-corrected chi connectivity index (χ1v) is 12.8. The summed E-state index contributed by atoms with van der Waals surface area (Å²) in [6.07, 6.45) is -0.113. The molecule has 0 saturated carbocycles. The highest BCUT2D eigenvalue weighted by atomic mass is 32.1. The molecule has 10 nitrogen and oxygen atoms in total. The van der Waals surface area contributed by atoms with Gasteiger partial charge in [-0.3, -0.25) is 23.6 Å². The van der Waals surface area contributed by atoms with E-state index in [1.54, 1.807) is 4.57 Å². The fraction of sp³-hybridized carbons (Fsp3) is 0.440. The molecule has 0 aliphatic carbocycles. The number of carbonyl (C=O) groups excluding carboxylic acids is 1. The van der Waals surface area contributed by atoms with Crippen molar-refractivity contribution >= 4 is 38.5 Å². The summed E-state index contributed by atoms with van der Waals surface area (Å²) >= 11 is 1.28. The number of nitrogens with zero attached hydrogens (tertiary/aromatic N) is 5. The average molecular weight is 512 g/mol. The molecular weight excluding hydrogens is 482 g/mol. The lowest BCUT2D eigenvalue weighted by Crippen LogP contribution is -2.39. The molecule has 1 saturated heterocycles. The predicted molar refractivity (Wildman–Crippen MR) is 137 cm³/mol. The molecule has 4 heterocycles. The van der Waals surface area contributed by atoms with E-state index in [0.29, 0.717) is 29.2 Å². The summed E-state index contributed by atoms with van der Waals surface area (Å²) in [5.74, 6) is 0.504. The van der Waals surface area contributed by atoms with Crippen LogP contribution in [0.3, 0.4) is 0 Å². The van der Waals surface area contributed by atoms with Crippen LogP contribution < -0.4 is 11.2 Å². The zero-order valence-electron chi connectivity index (χ0n) is 20.7. The molecule has 1 N–H and O–H groups in total. The van der Waals surface area contributed by atoms with Gasteiger partial charge in [0.1, 0.15) is 23.4 Å². The summed E-state index contributed by atoms with van der Waals surface area (Å²) in [7, 11) is 1.43. The molecule has 0 unspecified atom stereocenters. The van der Waals surface area contributed by atoms with E-state index < -0.39 is 23.3 Å². The Balaban J connectivity index is 1.79. The lowest BCUT2D eigenvalue weighted by atomic mass is 10.1. The average Bonchev–Trinajstić information content (AvgIpc) is 3.55. The molecule has 3 aromatic heterocycles. The van der Waals surface area contributed by atoms with Gasteiger partial charge in [0.15, 0.2) is 0 Å². The number of carbonyl (C=O) groups is 1. The first kappa shape index (κ1) is 24.4. The third kappa shape index (κ3) is 3.97. The van der Waals surface area contributed by atoms with Crippen LogP contribution in [-0.2, 0) is 31.4 Å². The molecule has 1 aromatic carbocycles. The minimum absolute atomic E-state index is 0.00531. The molecule has 5 rings (SSSR count). The number of β-amino-alcohol motifs (C(OH)–C–C–N with tert-alkyl or cyclic N) is 1. The van der Waals surface area contributed by atoms with Gasteiger partial charge in [0.2, 0.25) is 0 Å². The maximum Gasteiger partial charge on any atom is 0.331 e. The standard InChI is InChI=1S/C25H29N5O5S/c1-5-19-26-16-8-6-7-9-17(16)28(19)12-18-20(23(33)30-11-15(31)13-35-30)21-22(32)27(4)25(34)29(10-14(2)3)24(21)36-18/h6-9,14-15,31H,5,10-13H2,1-4H3/t15-/m0/s1. The van der Waals surface area contributed by atoms with Crippen LogP contribution in [-0.4, -0.2) is 54.0 Å². The topological polar surface area (TPSA) is 112 Å². The number of fused-ring (bicyclic) bond motifs is 2. The zero-order valence-corrected chi connectivity index (χ0v) is 21.5. The third-order valence-electron chi connectivity index (χ3n) is 6.38. The molecule has 11 heteroatoms. The molecule has 1 amide bonds. The van der Waals surface area contributed by atoms with Crippen molar-refractivity contribution in [3.05, 3.63) is 61.4 Å². The number of aliphatic hydroxyl groups is 1. The molecule has 1 atom stereocenters. The molecule has 0 bridgehead atoms. The Hall–Kier alpha value is -3.28. The van der Waals surface area contributed by atoms with E-state index in [1.807, 2.05) is 49.6 Å². The monoisotopic (exact) mass is 511 g/mol. The van der Waals surface area contributed by atoms with E-state index in [1.165, 1.54) is 18.4 Å². The number of hydrogen-bond donors (Lipinski definition) is 1. The van der Waals surface area contributed by atoms with E-state index in [9.17, 15) is 19.5 Å². The Morgan fingerprint density at radius 2 is 2.00 bits per heavy atom. The van der Waals surface area contributed by atoms with Gasteiger partial charge in [-0.2, -0.15) is 0 Å². The fourth-order valence-electron chi connectivity index (χ4n) is 4.69. The van der Waals surface area contributed by atoms with Crippen molar-refractivity contribution in [3.8, 4) is 0 Å². The van der Waals surface area contributed by atoms with Crippen LogP contribution in [0.5, 0.6) is 0 Å². The molecule has 1 aliphatic heterocycles. The Kier molecular flexibility index (Phi) is 6.31. The van der Waals surface area contributed by atoms with Crippen molar-refractivity contribution < 1.29 is 14.7 Å². The lowest BCUT2D eigenvalue weighted by Gasteiger charge is -2.16. The number of benzene rings is 1. The second-order valence-electron chi connectivity index (χ2n) is 9.50. The second-order valence-corrected chi connectivity index (χ2v) is 10.6. The Labute approximate surface area is 210 Å². The van der Waals surface area contributed by atoms with Crippen molar-refractivity contribution in [2.24, 2.45) is 13.0 Å². The van der Waals surface area contributed by atoms with Crippen molar-refractivity contribution in [1.82, 2.24) is 23.7 Å². The largest absolute Gasteiger partial charge is 0.389 e. The summed E-state index contributed by atoms with van der Waals surface area (Å²) in [6.45, 7) is 6.73. The van der Waals surface area contributed by atoms with Gasteiger partial charge in [0.25, 0.3) is 11.5 Å². The van der Waals surface area contributed by atoms with Crippen LogP contribution in [0.25, 0.3) is 21.3 Å². The van der Waals surface area contributed by atoms with E-state index in [4.69, 9.17) is 9.82 Å². The number of aryl methyl sites for hydroxylation is 1. The van der Waals surface area contributed by atoms with Crippen molar-refractivity contribution in [2.45, 2.75) is 46.4 Å².